The predicted molar refractivity (Wildman–Crippen MR) is 75.6 cm³/mol. The number of aromatic nitrogens is 2. The number of aliphatic imine (C=N–C) groups is 1. The molecule has 0 saturated carbocycles. The van der Waals surface area contributed by atoms with Crippen LogP contribution in [0.15, 0.2) is 23.5 Å². The van der Waals surface area contributed by atoms with Gasteiger partial charge in [-0.15, -0.1) is 0 Å². The summed E-state index contributed by atoms with van der Waals surface area (Å²) in [7, 11) is 1.80. The maximum atomic E-state index is 4.22. The molecule has 5 heteroatoms. The fraction of sp³-hybridized carbons (Fsp3) is 0.692. The largest absolute Gasteiger partial charge is 0.356 e. The van der Waals surface area contributed by atoms with Crippen molar-refractivity contribution < 1.29 is 0 Å². The molecule has 1 atom stereocenters. The summed E-state index contributed by atoms with van der Waals surface area (Å²) in [6.45, 7) is 8.38. The maximum absolute atomic E-state index is 4.22. The van der Waals surface area contributed by atoms with E-state index in [4.69, 9.17) is 0 Å². The summed E-state index contributed by atoms with van der Waals surface area (Å²) < 4.78 is 1.94. The van der Waals surface area contributed by atoms with Crippen molar-refractivity contribution in [2.24, 2.45) is 10.9 Å². The van der Waals surface area contributed by atoms with Crippen LogP contribution >= 0.6 is 0 Å². The van der Waals surface area contributed by atoms with Crippen molar-refractivity contribution in [2.45, 2.75) is 39.8 Å². The van der Waals surface area contributed by atoms with Crippen molar-refractivity contribution in [1.82, 2.24) is 20.4 Å². The zero-order chi connectivity index (χ0) is 13.4. The fourth-order valence-corrected chi connectivity index (χ4v) is 1.46. The van der Waals surface area contributed by atoms with Gasteiger partial charge in [-0.2, -0.15) is 5.10 Å². The Morgan fingerprint density at radius 1 is 1.39 bits per heavy atom. The summed E-state index contributed by atoms with van der Waals surface area (Å²) in [6.07, 6.45) is 4.81. The lowest BCUT2D eigenvalue weighted by Crippen LogP contribution is -2.44. The maximum Gasteiger partial charge on any atom is 0.191 e. The Kier molecular flexibility index (Phi) is 6.25. The molecule has 1 aromatic rings. The van der Waals surface area contributed by atoms with E-state index in [2.05, 4.69) is 41.5 Å². The van der Waals surface area contributed by atoms with Gasteiger partial charge in [-0.1, -0.05) is 13.8 Å². The number of rotatable bonds is 6. The zero-order valence-corrected chi connectivity index (χ0v) is 11.8. The smallest absolute Gasteiger partial charge is 0.191 e. The van der Waals surface area contributed by atoms with E-state index < -0.39 is 0 Å². The van der Waals surface area contributed by atoms with Gasteiger partial charge in [-0.3, -0.25) is 9.67 Å². The molecule has 1 heterocycles. The van der Waals surface area contributed by atoms with Crippen LogP contribution in [-0.2, 0) is 6.54 Å². The highest BCUT2D eigenvalue weighted by molar-refractivity contribution is 5.79. The standard InChI is InChI=1S/C13H25N5/c1-11(2)12(3)17-13(14-4)15-7-5-9-18-10-6-8-16-18/h6,8,10-12H,5,7,9H2,1-4H3,(H2,14,15,17). The molecule has 102 valence electrons. The van der Waals surface area contributed by atoms with Crippen LogP contribution in [0, 0.1) is 5.92 Å². The molecule has 0 spiro atoms. The van der Waals surface area contributed by atoms with E-state index in [-0.39, 0.29) is 0 Å². The second-order valence-electron chi connectivity index (χ2n) is 4.80. The van der Waals surface area contributed by atoms with E-state index in [0.29, 0.717) is 12.0 Å². The summed E-state index contributed by atoms with van der Waals surface area (Å²) in [5, 5.41) is 10.9. The monoisotopic (exact) mass is 251 g/mol. The summed E-state index contributed by atoms with van der Waals surface area (Å²) in [4.78, 5) is 4.22. The molecule has 0 fully saturated rings. The van der Waals surface area contributed by atoms with Gasteiger partial charge in [-0.25, -0.2) is 0 Å². The summed E-state index contributed by atoms with van der Waals surface area (Å²) in [6, 6.07) is 2.36. The van der Waals surface area contributed by atoms with Crippen LogP contribution in [0.2, 0.25) is 0 Å². The second-order valence-corrected chi connectivity index (χ2v) is 4.80. The summed E-state index contributed by atoms with van der Waals surface area (Å²) in [5.74, 6) is 1.46. The van der Waals surface area contributed by atoms with Gasteiger partial charge in [0.2, 0.25) is 0 Å². The Morgan fingerprint density at radius 2 is 2.17 bits per heavy atom. The van der Waals surface area contributed by atoms with Gasteiger partial charge in [0, 0.05) is 38.6 Å². The first-order valence-corrected chi connectivity index (χ1v) is 6.58. The minimum atomic E-state index is 0.419. The summed E-state index contributed by atoms with van der Waals surface area (Å²) >= 11 is 0. The third kappa shape index (κ3) is 5.21. The van der Waals surface area contributed by atoms with Crippen LogP contribution < -0.4 is 10.6 Å². The molecule has 0 radical (unpaired) electrons. The van der Waals surface area contributed by atoms with Gasteiger partial charge in [0.1, 0.15) is 0 Å². The van der Waals surface area contributed by atoms with Gasteiger partial charge in [0.15, 0.2) is 5.96 Å². The number of nitrogens with one attached hydrogen (secondary N) is 2. The molecule has 0 aliphatic rings. The lowest BCUT2D eigenvalue weighted by atomic mass is 10.1. The molecule has 0 aliphatic carbocycles. The van der Waals surface area contributed by atoms with E-state index in [9.17, 15) is 0 Å². The van der Waals surface area contributed by atoms with Crippen molar-refractivity contribution in [2.75, 3.05) is 13.6 Å². The second kappa shape index (κ2) is 7.74. The molecule has 0 aliphatic heterocycles. The Bertz CT molecular complexity index is 342. The van der Waals surface area contributed by atoms with Crippen LogP contribution in [0.4, 0.5) is 0 Å². The van der Waals surface area contributed by atoms with Crippen molar-refractivity contribution >= 4 is 5.96 Å². The van der Waals surface area contributed by atoms with Gasteiger partial charge in [0.25, 0.3) is 0 Å². The highest BCUT2D eigenvalue weighted by Gasteiger charge is 2.08. The molecule has 0 bridgehead atoms. The van der Waals surface area contributed by atoms with Crippen LogP contribution in [0.1, 0.15) is 27.2 Å². The minimum absolute atomic E-state index is 0.419. The average Bonchev–Trinajstić information content (AvgIpc) is 2.85. The van der Waals surface area contributed by atoms with Crippen LogP contribution in [0.25, 0.3) is 0 Å². The van der Waals surface area contributed by atoms with Crippen LogP contribution in [0.3, 0.4) is 0 Å². The SMILES string of the molecule is CN=C(NCCCn1cccn1)NC(C)C(C)C. The van der Waals surface area contributed by atoms with E-state index in [1.165, 1.54) is 0 Å². The Balaban J connectivity index is 2.20. The first-order valence-electron chi connectivity index (χ1n) is 6.58. The molecule has 2 N–H and O–H groups in total. The van der Waals surface area contributed by atoms with E-state index in [1.807, 2.05) is 16.9 Å². The lowest BCUT2D eigenvalue weighted by molar-refractivity contribution is 0.479. The van der Waals surface area contributed by atoms with E-state index >= 15 is 0 Å². The van der Waals surface area contributed by atoms with Gasteiger partial charge in [-0.05, 0) is 25.3 Å². The molecule has 18 heavy (non-hydrogen) atoms. The Morgan fingerprint density at radius 3 is 2.72 bits per heavy atom. The first-order chi connectivity index (χ1) is 8.63. The molecule has 0 saturated heterocycles. The van der Waals surface area contributed by atoms with Crippen molar-refractivity contribution in [3.05, 3.63) is 18.5 Å². The topological polar surface area (TPSA) is 54.2 Å². The Hall–Kier alpha value is -1.52. The van der Waals surface area contributed by atoms with Gasteiger partial charge >= 0.3 is 0 Å². The molecule has 1 unspecified atom stereocenters. The number of guanidine groups is 1. The Labute approximate surface area is 110 Å². The number of hydrogen-bond acceptors (Lipinski definition) is 2. The highest BCUT2D eigenvalue weighted by Crippen LogP contribution is 1.99. The van der Waals surface area contributed by atoms with Crippen molar-refractivity contribution in [1.29, 1.82) is 0 Å². The minimum Gasteiger partial charge on any atom is -0.356 e. The van der Waals surface area contributed by atoms with Crippen LogP contribution in [-0.4, -0.2) is 35.4 Å². The first kappa shape index (κ1) is 14.5. The molecule has 0 aromatic carbocycles. The van der Waals surface area contributed by atoms with E-state index in [1.54, 1.807) is 13.2 Å². The van der Waals surface area contributed by atoms with Crippen molar-refractivity contribution in [3.63, 3.8) is 0 Å². The average molecular weight is 251 g/mol. The zero-order valence-electron chi connectivity index (χ0n) is 11.8. The molecule has 5 nitrogen and oxygen atoms in total. The molecule has 1 aromatic heterocycles. The molecular weight excluding hydrogens is 226 g/mol. The third-order valence-electron chi connectivity index (χ3n) is 3.00. The quantitative estimate of drug-likeness (QED) is 0.457. The molecular formula is C13H25N5. The predicted octanol–water partition coefficient (Wildman–Crippen LogP) is 1.48. The molecule has 0 amide bonds. The number of aryl methyl sites for hydroxylation is 1. The van der Waals surface area contributed by atoms with E-state index in [0.717, 1.165) is 25.5 Å². The number of nitrogens with zero attached hydrogens (tertiary/aromatic N) is 3. The third-order valence-corrected chi connectivity index (χ3v) is 3.00. The molecule has 1 rings (SSSR count). The van der Waals surface area contributed by atoms with Crippen LogP contribution in [0.5, 0.6) is 0 Å². The van der Waals surface area contributed by atoms with Gasteiger partial charge in [0.05, 0.1) is 0 Å². The fourth-order valence-electron chi connectivity index (χ4n) is 1.46. The summed E-state index contributed by atoms with van der Waals surface area (Å²) in [5.41, 5.74) is 0. The highest BCUT2D eigenvalue weighted by atomic mass is 15.3. The number of hydrogen-bond donors (Lipinski definition) is 2. The lowest BCUT2D eigenvalue weighted by Gasteiger charge is -2.20. The van der Waals surface area contributed by atoms with Crippen molar-refractivity contribution in [3.8, 4) is 0 Å². The van der Waals surface area contributed by atoms with Gasteiger partial charge < -0.3 is 10.6 Å². The normalized spacial score (nSPS) is 13.7.